The third-order valence-electron chi connectivity index (χ3n) is 7.75. The molecule has 2 nitrogen and oxygen atoms in total. The lowest BCUT2D eigenvalue weighted by atomic mass is 9.80. The van der Waals surface area contributed by atoms with Crippen molar-refractivity contribution in [2.75, 3.05) is 0 Å². The van der Waals surface area contributed by atoms with Gasteiger partial charge in [-0.05, 0) is 12.8 Å². The van der Waals surface area contributed by atoms with Gasteiger partial charge in [0.2, 0.25) is 0 Å². The number of benzene rings is 3. The van der Waals surface area contributed by atoms with Crippen LogP contribution in [0.5, 0.6) is 0 Å². The molecule has 3 aromatic carbocycles. The summed E-state index contributed by atoms with van der Waals surface area (Å²) in [6, 6.07) is 30.0. The maximum Gasteiger partial charge on any atom is 0.332 e. The molecule has 0 radical (unpaired) electrons. The summed E-state index contributed by atoms with van der Waals surface area (Å²) in [5.41, 5.74) is 1.70. The smallest absolute Gasteiger partial charge is 0.332 e. The largest absolute Gasteiger partial charge is 0.441 e. The number of hydrogen-bond donors (Lipinski definition) is 0. The first-order valence-corrected chi connectivity index (χ1v) is 16.0. The van der Waals surface area contributed by atoms with Crippen LogP contribution in [0.2, 0.25) is 0 Å². The maximum absolute atomic E-state index is 13.2. The average molecular weight is 551 g/mol. The van der Waals surface area contributed by atoms with Crippen molar-refractivity contribution in [1.29, 1.82) is 0 Å². The Morgan fingerprint density at radius 3 is 1.37 bits per heavy atom. The molecule has 0 aromatic heterocycles. The van der Waals surface area contributed by atoms with E-state index in [9.17, 15) is 4.79 Å². The van der Waals surface area contributed by atoms with Crippen LogP contribution in [-0.2, 0) is 15.1 Å². The molecule has 0 amide bonds. The van der Waals surface area contributed by atoms with E-state index in [4.69, 9.17) is 4.74 Å². The summed E-state index contributed by atoms with van der Waals surface area (Å²) in [5.74, 6) is -0.368. The van der Waals surface area contributed by atoms with Gasteiger partial charge in [0.15, 0.2) is 5.60 Å². The highest BCUT2D eigenvalue weighted by Crippen LogP contribution is 2.40. The molecule has 0 saturated carbocycles. The van der Waals surface area contributed by atoms with Crippen molar-refractivity contribution in [3.05, 3.63) is 132 Å². The molecule has 0 aliphatic heterocycles. The highest BCUT2D eigenvalue weighted by Gasteiger charge is 2.40. The topological polar surface area (TPSA) is 26.3 Å². The van der Waals surface area contributed by atoms with Gasteiger partial charge in [-0.3, -0.25) is 0 Å². The molecule has 0 aliphatic carbocycles. The molecule has 0 aliphatic rings. The third kappa shape index (κ3) is 11.2. The maximum atomic E-state index is 13.2. The van der Waals surface area contributed by atoms with E-state index in [0.717, 1.165) is 23.1 Å². The third-order valence-corrected chi connectivity index (χ3v) is 7.75. The predicted octanol–water partition coefficient (Wildman–Crippen LogP) is 11.1. The van der Waals surface area contributed by atoms with E-state index in [2.05, 4.69) is 13.0 Å². The lowest BCUT2D eigenvalue weighted by molar-refractivity contribution is -0.147. The summed E-state index contributed by atoms with van der Waals surface area (Å²) < 4.78 is 6.37. The van der Waals surface area contributed by atoms with E-state index in [1.165, 1.54) is 89.5 Å². The number of unbranched alkanes of at least 4 members (excludes halogenated alkanes) is 13. The van der Waals surface area contributed by atoms with Gasteiger partial charge < -0.3 is 4.74 Å². The first kappa shape index (κ1) is 32.1. The zero-order chi connectivity index (χ0) is 28.9. The molecule has 0 fully saturated rings. The highest BCUT2D eigenvalue weighted by atomic mass is 16.6. The van der Waals surface area contributed by atoms with Gasteiger partial charge in [0.1, 0.15) is 0 Å². The van der Waals surface area contributed by atoms with Gasteiger partial charge in [0, 0.05) is 22.8 Å². The SMILES string of the molecule is CCCCCCCCCCCCCCCC=CC=CC(=O)OC(c1ccccc1)(c1ccccc1)c1ccccc1. The van der Waals surface area contributed by atoms with Crippen LogP contribution in [0, 0.1) is 0 Å². The molecule has 0 unspecified atom stereocenters. The van der Waals surface area contributed by atoms with Crippen molar-refractivity contribution in [2.45, 2.75) is 102 Å². The minimum Gasteiger partial charge on any atom is -0.441 e. The van der Waals surface area contributed by atoms with Gasteiger partial charge in [-0.25, -0.2) is 4.79 Å². The van der Waals surface area contributed by atoms with Crippen molar-refractivity contribution in [3.63, 3.8) is 0 Å². The van der Waals surface area contributed by atoms with E-state index < -0.39 is 5.60 Å². The van der Waals surface area contributed by atoms with Gasteiger partial charge in [-0.2, -0.15) is 0 Å². The number of allylic oxidation sites excluding steroid dienone is 3. The van der Waals surface area contributed by atoms with Crippen molar-refractivity contribution >= 4 is 5.97 Å². The fourth-order valence-electron chi connectivity index (χ4n) is 5.47. The second-order valence-electron chi connectivity index (χ2n) is 11.0. The van der Waals surface area contributed by atoms with E-state index in [1.807, 2.05) is 97.1 Å². The van der Waals surface area contributed by atoms with Crippen LogP contribution < -0.4 is 0 Å². The van der Waals surface area contributed by atoms with Crippen molar-refractivity contribution in [3.8, 4) is 0 Å². The van der Waals surface area contributed by atoms with E-state index >= 15 is 0 Å². The van der Waals surface area contributed by atoms with Crippen molar-refractivity contribution < 1.29 is 9.53 Å². The Morgan fingerprint density at radius 1 is 0.561 bits per heavy atom. The molecular weight excluding hydrogens is 500 g/mol. The molecule has 3 rings (SSSR count). The first-order valence-electron chi connectivity index (χ1n) is 16.0. The van der Waals surface area contributed by atoms with Gasteiger partial charge >= 0.3 is 5.97 Å². The summed E-state index contributed by atoms with van der Waals surface area (Å²) in [5, 5.41) is 0. The standard InChI is InChI=1S/C39H50O2/c1-2-3-4-5-6-7-8-9-10-11-12-13-14-15-16-17-27-34-38(40)41-39(35-28-21-18-22-29-35,36-30-23-19-24-31-36)37-32-25-20-26-33-37/h16-34H,2-15H2,1H3. The second kappa shape index (κ2) is 19.6. The first-order chi connectivity index (χ1) is 20.3. The normalized spacial score (nSPS) is 11.8. The zero-order valence-corrected chi connectivity index (χ0v) is 25.2. The molecule has 0 N–H and O–H groups in total. The Hall–Kier alpha value is -3.39. The molecular formula is C39H50O2. The quantitative estimate of drug-likeness (QED) is 0.0460. The van der Waals surface area contributed by atoms with Crippen LogP contribution in [-0.4, -0.2) is 5.97 Å². The molecule has 41 heavy (non-hydrogen) atoms. The van der Waals surface area contributed by atoms with Crippen LogP contribution in [0.1, 0.15) is 114 Å². The van der Waals surface area contributed by atoms with Gasteiger partial charge in [0.25, 0.3) is 0 Å². The number of esters is 1. The molecule has 0 atom stereocenters. The number of ether oxygens (including phenoxy) is 1. The van der Waals surface area contributed by atoms with E-state index in [0.29, 0.717) is 0 Å². The van der Waals surface area contributed by atoms with Crippen LogP contribution in [0.25, 0.3) is 0 Å². The second-order valence-corrected chi connectivity index (χ2v) is 11.0. The highest BCUT2D eigenvalue weighted by molar-refractivity contribution is 5.83. The van der Waals surface area contributed by atoms with Crippen LogP contribution in [0.15, 0.2) is 115 Å². The zero-order valence-electron chi connectivity index (χ0n) is 25.2. The number of carbonyl (C=O) groups is 1. The lowest BCUT2D eigenvalue weighted by Gasteiger charge is -2.35. The Bertz CT molecular complexity index is 1040. The lowest BCUT2D eigenvalue weighted by Crippen LogP contribution is -2.34. The minimum absolute atomic E-state index is 0.368. The summed E-state index contributed by atoms with van der Waals surface area (Å²) in [6.45, 7) is 2.28. The Kier molecular flexibility index (Phi) is 15.4. The molecule has 0 heterocycles. The van der Waals surface area contributed by atoms with Crippen LogP contribution >= 0.6 is 0 Å². The molecule has 0 spiro atoms. The Balaban J connectivity index is 1.45. The van der Waals surface area contributed by atoms with E-state index in [-0.39, 0.29) is 5.97 Å². The number of rotatable bonds is 20. The van der Waals surface area contributed by atoms with Gasteiger partial charge in [-0.15, -0.1) is 0 Å². The van der Waals surface area contributed by atoms with Crippen LogP contribution in [0.4, 0.5) is 0 Å². The summed E-state index contributed by atoms with van der Waals surface area (Å²) in [6.07, 6.45) is 26.3. The molecule has 3 aromatic rings. The fraction of sp³-hybridized carbons (Fsp3) is 0.410. The predicted molar refractivity (Wildman–Crippen MR) is 174 cm³/mol. The fourth-order valence-corrected chi connectivity index (χ4v) is 5.47. The van der Waals surface area contributed by atoms with Crippen molar-refractivity contribution in [1.82, 2.24) is 0 Å². The summed E-state index contributed by atoms with van der Waals surface area (Å²) in [7, 11) is 0. The van der Waals surface area contributed by atoms with Crippen LogP contribution in [0.3, 0.4) is 0 Å². The van der Waals surface area contributed by atoms with Crippen molar-refractivity contribution in [2.24, 2.45) is 0 Å². The molecule has 2 heteroatoms. The number of hydrogen-bond acceptors (Lipinski definition) is 2. The Morgan fingerprint density at radius 2 is 0.951 bits per heavy atom. The number of carbonyl (C=O) groups excluding carboxylic acids is 1. The minimum atomic E-state index is -1.04. The summed E-state index contributed by atoms with van der Waals surface area (Å²) >= 11 is 0. The monoisotopic (exact) mass is 550 g/mol. The molecule has 0 bridgehead atoms. The molecule has 0 saturated heterocycles. The Labute approximate surface area is 249 Å². The summed E-state index contributed by atoms with van der Waals surface area (Å²) in [4.78, 5) is 13.2. The molecule has 218 valence electrons. The van der Waals surface area contributed by atoms with E-state index in [1.54, 1.807) is 6.08 Å². The van der Waals surface area contributed by atoms with Gasteiger partial charge in [0.05, 0.1) is 0 Å². The van der Waals surface area contributed by atoms with Gasteiger partial charge in [-0.1, -0.05) is 193 Å². The average Bonchev–Trinajstić information content (AvgIpc) is 3.02.